The molecule has 0 aliphatic carbocycles. The van der Waals surface area contributed by atoms with Crippen LogP contribution in [0.25, 0.3) is 11.0 Å². The zero-order valence-corrected chi connectivity index (χ0v) is 19.3. The highest BCUT2D eigenvalue weighted by molar-refractivity contribution is 7.91. The molecule has 4 heterocycles. The Bertz CT molecular complexity index is 1270. The predicted octanol–water partition coefficient (Wildman–Crippen LogP) is 1.56. The molecule has 2 fully saturated rings. The van der Waals surface area contributed by atoms with Crippen molar-refractivity contribution in [2.24, 2.45) is 0 Å². The Morgan fingerprint density at radius 1 is 1.12 bits per heavy atom. The third kappa shape index (κ3) is 3.76. The van der Waals surface area contributed by atoms with Gasteiger partial charge in [0.2, 0.25) is 5.91 Å². The lowest BCUT2D eigenvalue weighted by atomic mass is 10.2. The third-order valence-corrected chi connectivity index (χ3v) is 8.37. The van der Waals surface area contributed by atoms with Crippen LogP contribution in [0.5, 0.6) is 0 Å². The molecule has 0 bridgehead atoms. The molecular weight excluding hydrogens is 428 g/mol. The van der Waals surface area contributed by atoms with E-state index in [9.17, 15) is 13.2 Å². The molecule has 1 atom stereocenters. The lowest BCUT2D eigenvalue weighted by Gasteiger charge is -2.36. The van der Waals surface area contributed by atoms with Crippen molar-refractivity contribution >= 4 is 32.5 Å². The molecule has 3 aromatic rings. The van der Waals surface area contributed by atoms with E-state index in [2.05, 4.69) is 15.0 Å². The smallest absolute Gasteiger partial charge is 0.242 e. The molecule has 0 saturated carbocycles. The van der Waals surface area contributed by atoms with Crippen LogP contribution in [0.3, 0.4) is 0 Å². The van der Waals surface area contributed by atoms with Crippen LogP contribution in [0.2, 0.25) is 0 Å². The number of anilines is 1. The van der Waals surface area contributed by atoms with Gasteiger partial charge in [-0.05, 0) is 32.4 Å². The molecule has 2 aliphatic rings. The summed E-state index contributed by atoms with van der Waals surface area (Å²) in [5.74, 6) is 0.492. The number of aryl methyl sites for hydroxylation is 1. The maximum absolute atomic E-state index is 12.9. The number of para-hydroxylation sites is 2. The van der Waals surface area contributed by atoms with Gasteiger partial charge in [-0.25, -0.2) is 13.4 Å². The Hall–Kier alpha value is -2.88. The molecule has 0 N–H and O–H groups in total. The van der Waals surface area contributed by atoms with Gasteiger partial charge in [0, 0.05) is 26.2 Å². The maximum atomic E-state index is 12.9. The number of benzene rings is 1. The number of hydrogen-bond acceptors (Lipinski definition) is 6. The average molecular weight is 457 g/mol. The third-order valence-electron chi connectivity index (χ3n) is 6.62. The van der Waals surface area contributed by atoms with Gasteiger partial charge >= 0.3 is 0 Å². The first-order valence-corrected chi connectivity index (χ1v) is 12.8. The van der Waals surface area contributed by atoms with Crippen molar-refractivity contribution in [2.75, 3.05) is 42.6 Å². The molecule has 32 heavy (non-hydrogen) atoms. The number of amides is 1. The van der Waals surface area contributed by atoms with E-state index in [1.165, 1.54) is 0 Å². The Balaban J connectivity index is 1.25. The van der Waals surface area contributed by atoms with Crippen LogP contribution in [0.1, 0.15) is 23.9 Å². The van der Waals surface area contributed by atoms with Crippen LogP contribution >= 0.6 is 0 Å². The zero-order valence-electron chi connectivity index (χ0n) is 18.4. The van der Waals surface area contributed by atoms with E-state index in [1.807, 2.05) is 52.3 Å². The second-order valence-corrected chi connectivity index (χ2v) is 11.0. The van der Waals surface area contributed by atoms with Gasteiger partial charge in [0.25, 0.3) is 0 Å². The van der Waals surface area contributed by atoms with Crippen molar-refractivity contribution in [2.45, 2.75) is 32.9 Å². The van der Waals surface area contributed by atoms with Gasteiger partial charge in [0.1, 0.15) is 6.54 Å². The minimum atomic E-state index is -2.97. The van der Waals surface area contributed by atoms with Gasteiger partial charge in [0.05, 0.1) is 52.0 Å². The number of hydrogen-bond donors (Lipinski definition) is 0. The van der Waals surface area contributed by atoms with Crippen molar-refractivity contribution in [3.05, 3.63) is 42.0 Å². The summed E-state index contributed by atoms with van der Waals surface area (Å²) in [5, 5.41) is 4.69. The van der Waals surface area contributed by atoms with Crippen LogP contribution in [-0.4, -0.2) is 76.2 Å². The minimum Gasteiger partial charge on any atom is -0.365 e. The van der Waals surface area contributed by atoms with Gasteiger partial charge in [-0.3, -0.25) is 9.48 Å². The second kappa shape index (κ2) is 7.91. The summed E-state index contributed by atoms with van der Waals surface area (Å²) in [6.07, 6.45) is 2.35. The summed E-state index contributed by atoms with van der Waals surface area (Å²) in [6.45, 7) is 7.03. The standard InChI is InChI=1S/C22H28N6O3S/c1-16-22(17(2)28(24-16)18-7-12-32(30,31)14-18)26-10-8-25(9-11-26)21(29)13-27-15-23-19-5-3-4-6-20(19)27/h3-6,15,18H,7-14H2,1-2H3. The highest BCUT2D eigenvalue weighted by Gasteiger charge is 2.33. The van der Waals surface area contributed by atoms with Gasteiger partial charge in [-0.2, -0.15) is 5.10 Å². The van der Waals surface area contributed by atoms with Crippen LogP contribution in [0.15, 0.2) is 30.6 Å². The average Bonchev–Trinajstić information content (AvgIpc) is 3.43. The largest absolute Gasteiger partial charge is 0.365 e. The number of sulfone groups is 1. The first-order valence-electron chi connectivity index (χ1n) is 11.0. The Kier molecular flexibility index (Phi) is 5.19. The molecule has 1 unspecified atom stereocenters. The molecule has 2 saturated heterocycles. The molecule has 0 spiro atoms. The number of fused-ring (bicyclic) bond motifs is 1. The fourth-order valence-electron chi connectivity index (χ4n) is 5.00. The molecule has 2 aromatic heterocycles. The van der Waals surface area contributed by atoms with Gasteiger partial charge in [-0.15, -0.1) is 0 Å². The highest BCUT2D eigenvalue weighted by Crippen LogP contribution is 2.31. The predicted molar refractivity (Wildman–Crippen MR) is 123 cm³/mol. The first kappa shape index (κ1) is 21.0. The van der Waals surface area contributed by atoms with Crippen molar-refractivity contribution in [3.8, 4) is 0 Å². The topological polar surface area (TPSA) is 93.3 Å². The fourth-order valence-corrected chi connectivity index (χ4v) is 6.69. The van der Waals surface area contributed by atoms with Gasteiger partial charge < -0.3 is 14.4 Å². The van der Waals surface area contributed by atoms with E-state index in [0.717, 1.165) is 41.2 Å². The molecule has 9 nitrogen and oxygen atoms in total. The second-order valence-electron chi connectivity index (χ2n) is 8.75. The SMILES string of the molecule is Cc1nn(C2CCS(=O)(=O)C2)c(C)c1N1CCN(C(=O)Cn2cnc3ccccc32)CC1. The van der Waals surface area contributed by atoms with Crippen molar-refractivity contribution in [3.63, 3.8) is 0 Å². The summed E-state index contributed by atoms with van der Waals surface area (Å²) in [7, 11) is -2.97. The summed E-state index contributed by atoms with van der Waals surface area (Å²) in [6, 6.07) is 7.74. The van der Waals surface area contributed by atoms with Crippen LogP contribution in [0, 0.1) is 13.8 Å². The number of nitrogens with zero attached hydrogens (tertiary/aromatic N) is 6. The molecule has 1 aromatic carbocycles. The fraction of sp³-hybridized carbons (Fsp3) is 0.500. The Labute approximate surface area is 187 Å². The molecule has 170 valence electrons. The number of carbonyl (C=O) groups excluding carboxylic acids is 1. The minimum absolute atomic E-state index is 0.0830. The lowest BCUT2D eigenvalue weighted by Crippen LogP contribution is -2.49. The van der Waals surface area contributed by atoms with E-state index in [-0.39, 0.29) is 30.0 Å². The quantitative estimate of drug-likeness (QED) is 0.592. The Morgan fingerprint density at radius 2 is 1.88 bits per heavy atom. The Morgan fingerprint density at radius 3 is 2.59 bits per heavy atom. The summed E-state index contributed by atoms with van der Waals surface area (Å²) >= 11 is 0. The number of aromatic nitrogens is 4. The molecule has 1 amide bonds. The normalized spacial score (nSPS) is 20.9. The van der Waals surface area contributed by atoms with E-state index >= 15 is 0 Å². The van der Waals surface area contributed by atoms with Gasteiger partial charge in [-0.1, -0.05) is 12.1 Å². The van der Waals surface area contributed by atoms with Crippen molar-refractivity contribution < 1.29 is 13.2 Å². The van der Waals surface area contributed by atoms with E-state index < -0.39 is 9.84 Å². The van der Waals surface area contributed by atoms with Crippen molar-refractivity contribution in [1.82, 2.24) is 24.2 Å². The summed E-state index contributed by atoms with van der Waals surface area (Å²) in [5.41, 5.74) is 4.85. The number of piperazine rings is 1. The number of carbonyl (C=O) groups is 1. The van der Waals surface area contributed by atoms with E-state index in [4.69, 9.17) is 0 Å². The van der Waals surface area contributed by atoms with Crippen molar-refractivity contribution in [1.29, 1.82) is 0 Å². The van der Waals surface area contributed by atoms with Crippen LogP contribution < -0.4 is 4.90 Å². The van der Waals surface area contributed by atoms with E-state index in [1.54, 1.807) is 6.33 Å². The van der Waals surface area contributed by atoms with Crippen LogP contribution in [0.4, 0.5) is 5.69 Å². The lowest BCUT2D eigenvalue weighted by molar-refractivity contribution is -0.132. The number of imidazole rings is 1. The summed E-state index contributed by atoms with van der Waals surface area (Å²) in [4.78, 5) is 21.5. The van der Waals surface area contributed by atoms with Crippen LogP contribution in [-0.2, 0) is 21.2 Å². The first-order chi connectivity index (χ1) is 15.3. The van der Waals surface area contributed by atoms with Gasteiger partial charge in [0.15, 0.2) is 9.84 Å². The molecular formula is C22H28N6O3S. The maximum Gasteiger partial charge on any atom is 0.242 e. The molecule has 10 heteroatoms. The number of rotatable bonds is 4. The molecule has 2 aliphatic heterocycles. The molecule has 0 radical (unpaired) electrons. The highest BCUT2D eigenvalue weighted by atomic mass is 32.2. The van der Waals surface area contributed by atoms with E-state index in [0.29, 0.717) is 19.5 Å². The zero-order chi connectivity index (χ0) is 22.5. The monoisotopic (exact) mass is 456 g/mol. The summed E-state index contributed by atoms with van der Waals surface area (Å²) < 4.78 is 27.6. The molecule has 5 rings (SSSR count).